The van der Waals surface area contributed by atoms with Crippen LogP contribution in [0.3, 0.4) is 0 Å². The molecule has 21 heavy (non-hydrogen) atoms. The third-order valence-corrected chi connectivity index (χ3v) is 3.15. The molecule has 2 atom stereocenters. The van der Waals surface area contributed by atoms with Crippen molar-refractivity contribution in [3.63, 3.8) is 0 Å². The largest absolute Gasteiger partial charge is 0.467 e. The lowest BCUT2D eigenvalue weighted by Gasteiger charge is -2.20. The summed E-state index contributed by atoms with van der Waals surface area (Å²) in [6, 6.07) is 8.51. The molecule has 0 bridgehead atoms. The molecule has 1 aromatic rings. The van der Waals surface area contributed by atoms with Crippen LogP contribution in [0.25, 0.3) is 0 Å². The zero-order chi connectivity index (χ0) is 15.8. The maximum atomic E-state index is 12.0. The highest BCUT2D eigenvalue weighted by Gasteiger charge is 2.23. The molecule has 0 spiro atoms. The topological polar surface area (TPSA) is 67.4 Å². The lowest BCUT2D eigenvalue weighted by Crippen LogP contribution is -2.47. The Bertz CT molecular complexity index is 460. The second-order valence-electron chi connectivity index (χ2n) is 5.46. The van der Waals surface area contributed by atoms with Crippen LogP contribution in [0.5, 0.6) is 0 Å². The quantitative estimate of drug-likeness (QED) is 0.792. The lowest BCUT2D eigenvalue weighted by atomic mass is 10.0. The third-order valence-electron chi connectivity index (χ3n) is 3.15. The monoisotopic (exact) mass is 292 g/mol. The van der Waals surface area contributed by atoms with E-state index >= 15 is 0 Å². The Hall–Kier alpha value is -2.04. The van der Waals surface area contributed by atoms with E-state index in [2.05, 4.69) is 10.6 Å². The van der Waals surface area contributed by atoms with Crippen molar-refractivity contribution < 1.29 is 14.3 Å². The minimum atomic E-state index is -0.627. The number of benzene rings is 1. The van der Waals surface area contributed by atoms with Crippen LogP contribution in [0, 0.1) is 5.92 Å². The lowest BCUT2D eigenvalue weighted by molar-refractivity contribution is -0.143. The molecule has 0 radical (unpaired) electrons. The van der Waals surface area contributed by atoms with Gasteiger partial charge in [0.2, 0.25) is 0 Å². The molecule has 0 heterocycles. The number of amides is 2. The number of carbonyl (C=O) groups excluding carboxylic acids is 2. The molecule has 0 saturated carbocycles. The molecular weight excluding hydrogens is 268 g/mol. The molecule has 2 amide bonds. The van der Waals surface area contributed by atoms with Gasteiger partial charge in [0.15, 0.2) is 0 Å². The first kappa shape index (κ1) is 17.0. The molecule has 2 N–H and O–H groups in total. The molecule has 0 aliphatic heterocycles. The summed E-state index contributed by atoms with van der Waals surface area (Å²) >= 11 is 0. The fourth-order valence-corrected chi connectivity index (χ4v) is 2.05. The Morgan fingerprint density at radius 3 is 2.24 bits per heavy atom. The van der Waals surface area contributed by atoms with Crippen LogP contribution in [0.2, 0.25) is 0 Å². The molecule has 0 aliphatic carbocycles. The number of rotatable bonds is 6. The maximum Gasteiger partial charge on any atom is 0.328 e. The van der Waals surface area contributed by atoms with Gasteiger partial charge in [0.1, 0.15) is 6.04 Å². The highest BCUT2D eigenvalue weighted by atomic mass is 16.5. The number of esters is 1. The molecule has 2 unspecified atom stereocenters. The number of hydrogen-bond acceptors (Lipinski definition) is 3. The minimum Gasteiger partial charge on any atom is -0.467 e. The van der Waals surface area contributed by atoms with E-state index in [0.29, 0.717) is 6.42 Å². The average molecular weight is 292 g/mol. The van der Waals surface area contributed by atoms with E-state index in [1.807, 2.05) is 51.1 Å². The summed E-state index contributed by atoms with van der Waals surface area (Å²) in [6.45, 7) is 5.87. The van der Waals surface area contributed by atoms with Gasteiger partial charge in [-0.25, -0.2) is 9.59 Å². The Morgan fingerprint density at radius 2 is 1.71 bits per heavy atom. The van der Waals surface area contributed by atoms with Crippen LogP contribution in [-0.4, -0.2) is 25.2 Å². The van der Waals surface area contributed by atoms with Gasteiger partial charge < -0.3 is 15.4 Å². The van der Waals surface area contributed by atoms with Gasteiger partial charge in [-0.1, -0.05) is 44.2 Å². The van der Waals surface area contributed by atoms with Gasteiger partial charge in [0.25, 0.3) is 0 Å². The molecule has 0 aliphatic rings. The van der Waals surface area contributed by atoms with Gasteiger partial charge in [-0.05, 0) is 24.8 Å². The molecule has 0 fully saturated rings. The molecule has 1 rings (SSSR count). The Kier molecular flexibility index (Phi) is 6.72. The zero-order valence-electron chi connectivity index (χ0n) is 13.1. The van der Waals surface area contributed by atoms with E-state index in [4.69, 9.17) is 4.74 Å². The van der Waals surface area contributed by atoms with E-state index in [1.165, 1.54) is 7.11 Å². The second-order valence-corrected chi connectivity index (χ2v) is 5.46. The van der Waals surface area contributed by atoms with E-state index in [1.54, 1.807) is 0 Å². The first-order chi connectivity index (χ1) is 9.93. The Labute approximate surface area is 126 Å². The van der Waals surface area contributed by atoms with Gasteiger partial charge in [-0.15, -0.1) is 0 Å². The summed E-state index contributed by atoms with van der Waals surface area (Å²) in [6.07, 6.45) is 0.541. The summed E-state index contributed by atoms with van der Waals surface area (Å²) in [5.74, 6) is -0.146. The highest BCUT2D eigenvalue weighted by Crippen LogP contribution is 2.11. The van der Waals surface area contributed by atoms with Crippen LogP contribution in [0.4, 0.5) is 4.79 Å². The van der Waals surface area contributed by atoms with Crippen molar-refractivity contribution in [2.24, 2.45) is 5.92 Å². The molecule has 116 valence electrons. The third kappa shape index (κ3) is 5.85. The fourth-order valence-electron chi connectivity index (χ4n) is 2.05. The minimum absolute atomic E-state index is 0.136. The summed E-state index contributed by atoms with van der Waals surface area (Å²) in [7, 11) is 1.32. The zero-order valence-corrected chi connectivity index (χ0v) is 13.1. The van der Waals surface area contributed by atoms with Crippen molar-refractivity contribution in [2.75, 3.05) is 7.11 Å². The summed E-state index contributed by atoms with van der Waals surface area (Å²) in [4.78, 5) is 23.7. The van der Waals surface area contributed by atoms with Crippen LogP contribution >= 0.6 is 0 Å². The van der Waals surface area contributed by atoms with E-state index in [0.717, 1.165) is 5.56 Å². The Morgan fingerprint density at radius 1 is 1.10 bits per heavy atom. The molecular formula is C16H24N2O3. The number of ether oxygens (including phenoxy) is 1. The summed E-state index contributed by atoms with van der Waals surface area (Å²) < 4.78 is 4.72. The van der Waals surface area contributed by atoms with E-state index < -0.39 is 12.0 Å². The van der Waals surface area contributed by atoms with Gasteiger partial charge in [0.05, 0.1) is 13.2 Å². The van der Waals surface area contributed by atoms with Crippen molar-refractivity contribution in [2.45, 2.75) is 39.3 Å². The van der Waals surface area contributed by atoms with Crippen molar-refractivity contribution in [3.05, 3.63) is 35.9 Å². The number of nitrogens with one attached hydrogen (secondary N) is 2. The second kappa shape index (κ2) is 8.29. The molecule has 0 aromatic heterocycles. The smallest absolute Gasteiger partial charge is 0.328 e. The van der Waals surface area contributed by atoms with Crippen molar-refractivity contribution in [3.8, 4) is 0 Å². The normalized spacial score (nSPS) is 13.4. The molecule has 0 saturated heterocycles. The molecule has 5 heteroatoms. The van der Waals surface area contributed by atoms with Crippen LogP contribution in [-0.2, 0) is 9.53 Å². The van der Waals surface area contributed by atoms with Gasteiger partial charge in [-0.3, -0.25) is 0 Å². The van der Waals surface area contributed by atoms with Gasteiger partial charge in [0, 0.05) is 0 Å². The number of urea groups is 1. The van der Waals surface area contributed by atoms with E-state index in [-0.39, 0.29) is 18.0 Å². The maximum absolute atomic E-state index is 12.0. The first-order valence-corrected chi connectivity index (χ1v) is 7.13. The summed E-state index contributed by atoms with van der Waals surface area (Å²) in [5, 5.41) is 5.50. The number of hydrogen-bond donors (Lipinski definition) is 2. The van der Waals surface area contributed by atoms with Crippen molar-refractivity contribution in [1.82, 2.24) is 10.6 Å². The number of carbonyl (C=O) groups is 2. The van der Waals surface area contributed by atoms with Crippen LogP contribution < -0.4 is 10.6 Å². The van der Waals surface area contributed by atoms with Gasteiger partial charge >= 0.3 is 12.0 Å². The first-order valence-electron chi connectivity index (χ1n) is 7.13. The SMILES string of the molecule is COC(=O)C(CC(C)C)NC(=O)NC(C)c1ccccc1. The predicted molar refractivity (Wildman–Crippen MR) is 81.8 cm³/mol. The fraction of sp³-hybridized carbons (Fsp3) is 0.500. The Balaban J connectivity index is 2.59. The van der Waals surface area contributed by atoms with Crippen LogP contribution in [0.1, 0.15) is 38.8 Å². The van der Waals surface area contributed by atoms with Crippen molar-refractivity contribution in [1.29, 1.82) is 0 Å². The van der Waals surface area contributed by atoms with Crippen LogP contribution in [0.15, 0.2) is 30.3 Å². The highest BCUT2D eigenvalue weighted by molar-refractivity contribution is 5.83. The number of methoxy groups -OCH3 is 1. The molecule has 1 aromatic carbocycles. The standard InChI is InChI=1S/C16H24N2O3/c1-11(2)10-14(15(19)21-4)18-16(20)17-12(3)13-8-6-5-7-9-13/h5-9,11-12,14H,10H2,1-4H3,(H2,17,18,20). The summed E-state index contributed by atoms with van der Waals surface area (Å²) in [5.41, 5.74) is 1.01. The van der Waals surface area contributed by atoms with Gasteiger partial charge in [-0.2, -0.15) is 0 Å². The van der Waals surface area contributed by atoms with E-state index in [9.17, 15) is 9.59 Å². The van der Waals surface area contributed by atoms with Crippen molar-refractivity contribution >= 4 is 12.0 Å². The predicted octanol–water partition coefficient (Wildman–Crippen LogP) is 2.63. The average Bonchev–Trinajstić information content (AvgIpc) is 2.46. The molecule has 5 nitrogen and oxygen atoms in total.